The number of carboxylic acids is 1. The van der Waals surface area contributed by atoms with Crippen LogP contribution < -0.4 is 16.5 Å². The first-order valence-corrected chi connectivity index (χ1v) is 14.3. The Kier molecular flexibility index (Phi) is 7.85. The van der Waals surface area contributed by atoms with Gasteiger partial charge in [0.15, 0.2) is 5.13 Å². The number of carbonyl (C=O) groups excluding carboxylic acids is 2. The number of amides is 2. The Labute approximate surface area is 240 Å². The molecule has 1 aromatic heterocycles. The van der Waals surface area contributed by atoms with Crippen LogP contribution in [0.15, 0.2) is 76.0 Å². The number of carboxylic acid groups (broad SMARTS) is 1. The molecule has 0 bridgehead atoms. The van der Waals surface area contributed by atoms with Crippen LogP contribution in [0.1, 0.15) is 5.82 Å². The number of nitrogens with two attached hydrogens (primary N) is 1. The molecule has 208 valence electrons. The number of rotatable bonds is 10. The topological polar surface area (TPSA) is 179 Å². The van der Waals surface area contributed by atoms with E-state index in [2.05, 4.69) is 31.8 Å². The van der Waals surface area contributed by atoms with Crippen molar-refractivity contribution in [1.29, 1.82) is 0 Å². The van der Waals surface area contributed by atoms with Crippen molar-refractivity contribution in [2.45, 2.75) is 11.4 Å². The summed E-state index contributed by atoms with van der Waals surface area (Å²) in [6.07, 6.45) is 10.8. The molecule has 0 spiro atoms. The fraction of sp³-hybridized carbons (Fsp3) is 0.217. The fourth-order valence-electron chi connectivity index (χ4n) is 3.99. The summed E-state index contributed by atoms with van der Waals surface area (Å²) in [5, 5.41) is 20.3. The van der Waals surface area contributed by atoms with E-state index in [1.54, 1.807) is 11.5 Å². The highest BCUT2D eigenvalue weighted by Gasteiger charge is 2.54. The molecule has 4 aliphatic rings. The lowest BCUT2D eigenvalue weighted by Crippen LogP contribution is -2.71. The third kappa shape index (κ3) is 5.30. The molecule has 17 heteroatoms. The molecule has 5 N–H and O–H groups in total. The molecule has 40 heavy (non-hydrogen) atoms. The predicted molar refractivity (Wildman–Crippen MR) is 151 cm³/mol. The van der Waals surface area contributed by atoms with E-state index < -0.39 is 29.2 Å². The summed E-state index contributed by atoms with van der Waals surface area (Å²) in [7, 11) is 1.94. The summed E-state index contributed by atoms with van der Waals surface area (Å²) in [5.74, 6) is -1.30. The van der Waals surface area contributed by atoms with E-state index in [9.17, 15) is 19.5 Å². The zero-order valence-corrected chi connectivity index (χ0v) is 23.3. The number of fused-ring (bicyclic) bond motifs is 2. The minimum atomic E-state index is -1.23. The van der Waals surface area contributed by atoms with Gasteiger partial charge in [0.25, 0.3) is 11.8 Å². The molecule has 5 rings (SSSR count). The van der Waals surface area contributed by atoms with Gasteiger partial charge in [0.2, 0.25) is 11.5 Å². The molecule has 0 aliphatic carbocycles. The second-order valence-corrected chi connectivity index (χ2v) is 11.2. The van der Waals surface area contributed by atoms with Crippen LogP contribution in [0.3, 0.4) is 0 Å². The number of aromatic nitrogens is 2. The van der Waals surface area contributed by atoms with Gasteiger partial charge in [-0.15, -0.1) is 11.8 Å². The summed E-state index contributed by atoms with van der Waals surface area (Å²) in [6, 6.07) is -0.975. The molecule has 2 amide bonds. The molecule has 1 fully saturated rings. The second kappa shape index (κ2) is 11.5. The van der Waals surface area contributed by atoms with Crippen molar-refractivity contribution in [2.24, 2.45) is 5.16 Å². The van der Waals surface area contributed by atoms with Gasteiger partial charge in [-0.1, -0.05) is 29.6 Å². The van der Waals surface area contributed by atoms with Crippen molar-refractivity contribution in [3.63, 3.8) is 0 Å². The van der Waals surface area contributed by atoms with Gasteiger partial charge < -0.3 is 25.9 Å². The quantitative estimate of drug-likeness (QED) is 0.0980. The monoisotopic (exact) mass is 601 g/mol. The Morgan fingerprint density at radius 3 is 2.98 bits per heavy atom. The largest absolute Gasteiger partial charge is 0.477 e. The SMILES string of the molecule is C=CCO/N=C(\C(=O)N[C@@H]1C(=O)N2C(C(=O)O)=C(/C=C/SC3=CC=C4N(C)C=CN4N3)CS[C@@H]12)c1nsc(N)n1. The van der Waals surface area contributed by atoms with Crippen molar-refractivity contribution in [1.82, 2.24) is 34.9 Å². The summed E-state index contributed by atoms with van der Waals surface area (Å²) < 4.78 is 3.99. The Morgan fingerprint density at radius 1 is 1.43 bits per heavy atom. The molecule has 1 aromatic rings. The number of nitrogens with one attached hydrogen (secondary N) is 2. The normalized spacial score (nSPS) is 21.9. The van der Waals surface area contributed by atoms with Gasteiger partial charge in [-0.05, 0) is 29.2 Å². The highest BCUT2D eigenvalue weighted by Crippen LogP contribution is 2.41. The van der Waals surface area contributed by atoms with E-state index in [0.717, 1.165) is 22.4 Å². The Balaban J connectivity index is 1.27. The molecule has 1 saturated heterocycles. The van der Waals surface area contributed by atoms with Crippen LogP contribution in [-0.4, -0.2) is 83.6 Å². The van der Waals surface area contributed by atoms with Crippen molar-refractivity contribution in [2.75, 3.05) is 25.1 Å². The van der Waals surface area contributed by atoms with Gasteiger partial charge in [-0.3, -0.25) is 19.9 Å². The Bertz CT molecular complexity index is 1450. The number of aliphatic carboxylic acids is 1. The zero-order chi connectivity index (χ0) is 28.4. The maximum Gasteiger partial charge on any atom is 0.352 e. The second-order valence-electron chi connectivity index (χ2n) is 8.39. The molecular weight excluding hydrogens is 579 g/mol. The van der Waals surface area contributed by atoms with Crippen LogP contribution in [0.25, 0.3) is 0 Å². The van der Waals surface area contributed by atoms with Gasteiger partial charge in [-0.25, -0.2) is 9.80 Å². The third-order valence-corrected chi connectivity index (χ3v) is 8.43. The van der Waals surface area contributed by atoms with Crippen LogP contribution in [-0.2, 0) is 19.2 Å². The lowest BCUT2D eigenvalue weighted by atomic mass is 10.0. The first-order chi connectivity index (χ1) is 19.3. The number of hydrogen-bond acceptors (Lipinski definition) is 14. The lowest BCUT2D eigenvalue weighted by molar-refractivity contribution is -0.150. The van der Waals surface area contributed by atoms with Gasteiger partial charge >= 0.3 is 5.97 Å². The first kappa shape index (κ1) is 27.4. The van der Waals surface area contributed by atoms with E-state index in [-0.39, 0.29) is 29.0 Å². The number of thioether (sulfide) groups is 2. The molecule has 5 heterocycles. The minimum Gasteiger partial charge on any atom is -0.477 e. The van der Waals surface area contributed by atoms with Gasteiger partial charge in [-0.2, -0.15) is 9.36 Å². The van der Waals surface area contributed by atoms with Crippen molar-refractivity contribution >= 4 is 63.7 Å². The van der Waals surface area contributed by atoms with Crippen LogP contribution in [0.5, 0.6) is 0 Å². The summed E-state index contributed by atoms with van der Waals surface area (Å²) >= 11 is 3.59. The molecule has 14 nitrogen and oxygen atoms in total. The molecule has 0 aromatic carbocycles. The maximum absolute atomic E-state index is 13.1. The summed E-state index contributed by atoms with van der Waals surface area (Å²) in [6.45, 7) is 3.55. The summed E-state index contributed by atoms with van der Waals surface area (Å²) in [5.41, 5.74) is 8.97. The number of anilines is 1. The molecule has 0 radical (unpaired) electrons. The van der Waals surface area contributed by atoms with Crippen LogP contribution in [0.2, 0.25) is 0 Å². The predicted octanol–water partition coefficient (Wildman–Crippen LogP) is 0.932. The number of nitrogen functional groups attached to an aromatic ring is 1. The molecule has 0 saturated carbocycles. The molecule has 2 atom stereocenters. The van der Waals surface area contributed by atoms with E-state index >= 15 is 0 Å². The van der Waals surface area contributed by atoms with Crippen LogP contribution >= 0.6 is 35.1 Å². The molecular formula is C23H23N9O5S3. The van der Waals surface area contributed by atoms with E-state index in [0.29, 0.717) is 11.3 Å². The number of oxime groups is 1. The molecule has 0 unspecified atom stereocenters. The summed E-state index contributed by atoms with van der Waals surface area (Å²) in [4.78, 5) is 50.4. The molecule has 4 aliphatic heterocycles. The van der Waals surface area contributed by atoms with Gasteiger partial charge in [0.1, 0.15) is 29.5 Å². The smallest absolute Gasteiger partial charge is 0.352 e. The Hall–Kier alpha value is -4.22. The average Bonchev–Trinajstić information content (AvgIpc) is 3.53. The maximum atomic E-state index is 13.1. The lowest BCUT2D eigenvalue weighted by Gasteiger charge is -2.49. The fourth-order valence-corrected chi connectivity index (χ4v) is 6.42. The highest BCUT2D eigenvalue weighted by molar-refractivity contribution is 8.05. The highest BCUT2D eigenvalue weighted by atomic mass is 32.2. The Morgan fingerprint density at radius 2 is 2.25 bits per heavy atom. The van der Waals surface area contributed by atoms with Crippen LogP contribution in [0.4, 0.5) is 5.13 Å². The number of hydrazine groups is 1. The van der Waals surface area contributed by atoms with Crippen molar-refractivity contribution in [3.8, 4) is 0 Å². The number of carbonyl (C=O) groups is 3. The standard InChI is InChI=1S/C23H23N9O5S3/c1-3-9-37-28-15(18-26-23(24)40-29-18)19(33)25-16-20(34)32-17(22(35)36)12(11-39-21(16)32)6-10-38-13-4-5-14-30(2)7-8-31(14)27-13/h3-8,10,16,21,27H,1,9,11H2,2H3,(H,25,33)(H,35,36)(H2,24,26,29)/b10-6+,28-15-/t16-,21+/m1/s1. The van der Waals surface area contributed by atoms with Crippen molar-refractivity contribution in [3.05, 3.63) is 76.6 Å². The first-order valence-electron chi connectivity index (χ1n) is 11.6. The van der Waals surface area contributed by atoms with E-state index in [1.807, 2.05) is 41.5 Å². The number of hydrogen-bond donors (Lipinski definition) is 4. The van der Waals surface area contributed by atoms with E-state index in [1.165, 1.54) is 34.5 Å². The van der Waals surface area contributed by atoms with Gasteiger partial charge in [0, 0.05) is 36.7 Å². The van der Waals surface area contributed by atoms with Gasteiger partial charge in [0.05, 0.1) is 5.03 Å². The average molecular weight is 602 g/mol. The van der Waals surface area contributed by atoms with E-state index in [4.69, 9.17) is 10.6 Å². The van der Waals surface area contributed by atoms with Crippen molar-refractivity contribution < 1.29 is 24.3 Å². The minimum absolute atomic E-state index is 0.0318. The number of β-lactam (4-membered cyclic amide) rings is 1. The van der Waals surface area contributed by atoms with Crippen LogP contribution in [0, 0.1) is 0 Å². The number of allylic oxidation sites excluding steroid dienone is 3. The zero-order valence-electron chi connectivity index (χ0n) is 20.9. The number of nitrogens with zero attached hydrogens (tertiary/aromatic N) is 6. The third-order valence-electron chi connectivity index (χ3n) is 5.83.